The molecule has 0 radical (unpaired) electrons. The lowest BCUT2D eigenvalue weighted by molar-refractivity contribution is -0.141. The molecule has 2 amide bonds. The summed E-state index contributed by atoms with van der Waals surface area (Å²) in [5, 5.41) is 4.08. The van der Waals surface area contributed by atoms with Gasteiger partial charge in [0.2, 0.25) is 11.8 Å². The van der Waals surface area contributed by atoms with Gasteiger partial charge in [0.1, 0.15) is 16.6 Å². The van der Waals surface area contributed by atoms with Crippen LogP contribution in [0.5, 0.6) is 0 Å². The minimum atomic E-state index is -0.719. The summed E-state index contributed by atoms with van der Waals surface area (Å²) >= 11 is 6.16. The summed E-state index contributed by atoms with van der Waals surface area (Å²) in [6.45, 7) is 10.6. The topological polar surface area (TPSA) is 144 Å². The molecule has 1 atom stereocenters. The first-order valence-corrected chi connectivity index (χ1v) is 15.7. The summed E-state index contributed by atoms with van der Waals surface area (Å²) in [5.41, 5.74) is 6.09. The molecule has 3 aliphatic rings. The number of rotatable bonds is 6. The maximum atomic E-state index is 13.9. The number of carbonyl (C=O) groups is 3. The van der Waals surface area contributed by atoms with E-state index in [1.165, 1.54) is 6.92 Å². The maximum Gasteiger partial charge on any atom is 0.359 e. The summed E-state index contributed by atoms with van der Waals surface area (Å²) in [6.07, 6.45) is 4.04. The Morgan fingerprint density at radius 1 is 1.02 bits per heavy atom. The molecule has 2 bridgehead atoms. The molecule has 12 heteroatoms. The predicted octanol–water partition coefficient (Wildman–Crippen LogP) is 5.18. The van der Waals surface area contributed by atoms with Crippen molar-refractivity contribution < 1.29 is 19.1 Å². The number of aromatic nitrogens is 3. The molecule has 240 valence electrons. The van der Waals surface area contributed by atoms with E-state index >= 15 is 0 Å². The Kier molecular flexibility index (Phi) is 8.46. The molecule has 3 aromatic rings. The number of aryl methyl sites for hydroxylation is 1. The lowest BCUT2D eigenvalue weighted by Gasteiger charge is -2.52. The number of carbonyl (C=O) groups excluding carboxylic acids is 3. The van der Waals surface area contributed by atoms with Crippen LogP contribution in [0.2, 0.25) is 5.15 Å². The third kappa shape index (κ3) is 6.27. The number of amides is 2. The SMILES string of the molecule is CC(=O)NNC(=O)C12CCC(c3nc4c([C@@H](C)Nc5ccc(Cl)nc5C(=O)OC(C)(C)C)cc(C)cc4c(=O)n3C)(CC1)CC2. The minimum absolute atomic E-state index is 0.0696. The van der Waals surface area contributed by atoms with Gasteiger partial charge in [-0.1, -0.05) is 17.7 Å². The van der Waals surface area contributed by atoms with Crippen molar-refractivity contribution in [3.63, 3.8) is 0 Å². The van der Waals surface area contributed by atoms with E-state index in [0.29, 0.717) is 55.1 Å². The van der Waals surface area contributed by atoms with Gasteiger partial charge in [0.25, 0.3) is 5.56 Å². The zero-order chi connectivity index (χ0) is 32.9. The molecule has 3 fully saturated rings. The number of hydrogen-bond donors (Lipinski definition) is 3. The van der Waals surface area contributed by atoms with E-state index in [-0.39, 0.29) is 39.7 Å². The van der Waals surface area contributed by atoms with Gasteiger partial charge < -0.3 is 10.1 Å². The summed E-state index contributed by atoms with van der Waals surface area (Å²) < 4.78 is 7.25. The van der Waals surface area contributed by atoms with Crippen molar-refractivity contribution in [2.24, 2.45) is 12.5 Å². The van der Waals surface area contributed by atoms with Crippen molar-refractivity contribution in [3.8, 4) is 0 Å². The number of ether oxygens (including phenoxy) is 1. The fraction of sp³-hybridized carbons (Fsp3) is 0.515. The predicted molar refractivity (Wildman–Crippen MR) is 172 cm³/mol. The third-order valence-electron chi connectivity index (χ3n) is 9.20. The number of nitrogens with one attached hydrogen (secondary N) is 3. The Labute approximate surface area is 267 Å². The molecule has 3 N–H and O–H groups in total. The molecule has 45 heavy (non-hydrogen) atoms. The van der Waals surface area contributed by atoms with Gasteiger partial charge in [0, 0.05) is 24.9 Å². The Hall–Kier alpha value is -3.99. The number of anilines is 1. The molecule has 3 saturated carbocycles. The van der Waals surface area contributed by atoms with Crippen LogP contribution >= 0.6 is 11.6 Å². The first-order valence-electron chi connectivity index (χ1n) is 15.3. The highest BCUT2D eigenvalue weighted by molar-refractivity contribution is 6.29. The van der Waals surface area contributed by atoms with E-state index in [1.54, 1.807) is 44.5 Å². The highest BCUT2D eigenvalue weighted by Crippen LogP contribution is 2.57. The summed E-state index contributed by atoms with van der Waals surface area (Å²) in [5.74, 6) is -0.361. The normalized spacial score (nSPS) is 21.7. The van der Waals surface area contributed by atoms with Crippen LogP contribution in [0, 0.1) is 12.3 Å². The Bertz CT molecular complexity index is 1740. The standard InChI is InChI=1S/C33H41ClN6O5/c1-18-16-21(19(2)35-23-8-9-24(34)36-26(23)28(43)45-31(4,5)6)25-22(17-18)27(42)40(7)29(37-25)32-10-13-33(14-11-32,15-12-32)30(44)39-38-20(3)41/h8-9,16-17,19,35H,10-15H2,1-7H3,(H,38,41)(H,39,44)/t19-,32?,33?/m1/s1. The average molecular weight is 637 g/mol. The summed E-state index contributed by atoms with van der Waals surface area (Å²) in [4.78, 5) is 60.8. The smallest absolute Gasteiger partial charge is 0.359 e. The van der Waals surface area contributed by atoms with Crippen molar-refractivity contribution in [1.29, 1.82) is 0 Å². The fourth-order valence-electron chi connectivity index (χ4n) is 6.84. The van der Waals surface area contributed by atoms with Crippen LogP contribution in [-0.2, 0) is 26.8 Å². The average Bonchev–Trinajstić information content (AvgIpc) is 2.98. The monoisotopic (exact) mass is 636 g/mol. The Balaban J connectivity index is 1.51. The van der Waals surface area contributed by atoms with Crippen molar-refractivity contribution in [2.45, 2.75) is 97.1 Å². The number of nitrogens with zero attached hydrogens (tertiary/aromatic N) is 3. The molecule has 2 aromatic heterocycles. The van der Waals surface area contributed by atoms with Gasteiger partial charge >= 0.3 is 5.97 Å². The van der Waals surface area contributed by atoms with Crippen molar-refractivity contribution in [1.82, 2.24) is 25.4 Å². The molecule has 0 spiro atoms. The van der Waals surface area contributed by atoms with Gasteiger partial charge in [-0.05, 0) is 96.9 Å². The zero-order valence-electron chi connectivity index (χ0n) is 26.9. The van der Waals surface area contributed by atoms with Gasteiger partial charge in [-0.15, -0.1) is 0 Å². The number of benzene rings is 1. The van der Waals surface area contributed by atoms with Crippen LogP contribution in [0.4, 0.5) is 5.69 Å². The van der Waals surface area contributed by atoms with Crippen LogP contribution in [0.15, 0.2) is 29.1 Å². The number of pyridine rings is 1. The minimum Gasteiger partial charge on any atom is -0.455 e. The van der Waals surface area contributed by atoms with Crippen molar-refractivity contribution in [2.75, 3.05) is 5.32 Å². The van der Waals surface area contributed by atoms with E-state index < -0.39 is 17.0 Å². The van der Waals surface area contributed by atoms with E-state index in [9.17, 15) is 19.2 Å². The second-order valence-electron chi connectivity index (χ2n) is 13.6. The largest absolute Gasteiger partial charge is 0.455 e. The highest BCUT2D eigenvalue weighted by atomic mass is 35.5. The summed E-state index contributed by atoms with van der Waals surface area (Å²) in [6, 6.07) is 6.79. The number of halogens is 1. The number of esters is 1. The number of hydrogen-bond acceptors (Lipinski definition) is 8. The van der Waals surface area contributed by atoms with E-state index in [2.05, 4.69) is 21.2 Å². The molecule has 2 heterocycles. The van der Waals surface area contributed by atoms with Gasteiger partial charge in [0.05, 0.1) is 28.0 Å². The molecule has 1 aromatic carbocycles. The Morgan fingerprint density at radius 3 is 2.27 bits per heavy atom. The second-order valence-corrected chi connectivity index (χ2v) is 14.0. The van der Waals surface area contributed by atoms with Crippen LogP contribution in [0.3, 0.4) is 0 Å². The van der Waals surface area contributed by atoms with E-state index in [1.807, 2.05) is 26.0 Å². The number of hydrazine groups is 1. The molecular weight excluding hydrogens is 596 g/mol. The number of fused-ring (bicyclic) bond motifs is 4. The van der Waals surface area contributed by atoms with Crippen LogP contribution in [-0.4, -0.2) is 37.9 Å². The summed E-state index contributed by atoms with van der Waals surface area (Å²) in [7, 11) is 1.77. The third-order valence-corrected chi connectivity index (χ3v) is 9.41. The van der Waals surface area contributed by atoms with Crippen LogP contribution in [0.25, 0.3) is 10.9 Å². The van der Waals surface area contributed by atoms with E-state index in [4.69, 9.17) is 21.3 Å². The molecule has 0 saturated heterocycles. The first-order chi connectivity index (χ1) is 21.0. The van der Waals surface area contributed by atoms with Gasteiger partial charge in [-0.25, -0.2) is 14.8 Å². The van der Waals surface area contributed by atoms with E-state index in [0.717, 1.165) is 17.0 Å². The van der Waals surface area contributed by atoms with Gasteiger partial charge in [-0.3, -0.25) is 29.8 Å². The maximum absolute atomic E-state index is 13.9. The quantitative estimate of drug-likeness (QED) is 0.191. The van der Waals surface area contributed by atoms with Gasteiger partial charge in [-0.2, -0.15) is 0 Å². The molecule has 11 nitrogen and oxygen atoms in total. The van der Waals surface area contributed by atoms with Crippen LogP contribution in [0.1, 0.15) is 107 Å². The van der Waals surface area contributed by atoms with Crippen LogP contribution < -0.4 is 21.7 Å². The molecule has 0 unspecified atom stereocenters. The fourth-order valence-corrected chi connectivity index (χ4v) is 6.99. The van der Waals surface area contributed by atoms with Crippen molar-refractivity contribution in [3.05, 3.63) is 62.4 Å². The second kappa shape index (κ2) is 11.7. The zero-order valence-corrected chi connectivity index (χ0v) is 27.6. The van der Waals surface area contributed by atoms with Crippen molar-refractivity contribution >= 4 is 46.0 Å². The van der Waals surface area contributed by atoms with Gasteiger partial charge in [0.15, 0.2) is 5.69 Å². The highest BCUT2D eigenvalue weighted by Gasteiger charge is 2.54. The molecule has 3 aliphatic carbocycles. The first kappa shape index (κ1) is 32.4. The molecular formula is C33H41ClN6O5. The Morgan fingerprint density at radius 2 is 1.67 bits per heavy atom. The lowest BCUT2D eigenvalue weighted by Crippen LogP contribution is -2.55. The lowest BCUT2D eigenvalue weighted by atomic mass is 9.53. The molecule has 0 aliphatic heterocycles. The molecule has 6 rings (SSSR count).